The number of carbonyl (C=O) groups excluding carboxylic acids is 2. The van der Waals surface area contributed by atoms with Gasteiger partial charge in [-0.15, -0.1) is 0 Å². The van der Waals surface area contributed by atoms with Crippen LogP contribution in [-0.2, 0) is 11.0 Å². The van der Waals surface area contributed by atoms with E-state index in [4.69, 9.17) is 5.73 Å². The lowest BCUT2D eigenvalue weighted by molar-refractivity contribution is -0.137. The minimum atomic E-state index is -4.47. The lowest BCUT2D eigenvalue weighted by Crippen LogP contribution is -2.22. The van der Waals surface area contributed by atoms with Crippen molar-refractivity contribution in [3.8, 4) is 0 Å². The summed E-state index contributed by atoms with van der Waals surface area (Å²) in [4.78, 5) is 22.7. The first kappa shape index (κ1) is 17.3. The van der Waals surface area contributed by atoms with Gasteiger partial charge in [-0.2, -0.15) is 13.2 Å². The van der Waals surface area contributed by atoms with Crippen LogP contribution >= 0.6 is 0 Å². The molecule has 24 heavy (non-hydrogen) atoms. The van der Waals surface area contributed by atoms with Crippen molar-refractivity contribution in [1.82, 2.24) is 0 Å². The van der Waals surface area contributed by atoms with E-state index in [9.17, 15) is 22.8 Å². The molecule has 4 N–H and O–H groups in total. The fraction of sp³-hybridized carbons (Fsp3) is 0.125. The topological polar surface area (TPSA) is 84.2 Å². The van der Waals surface area contributed by atoms with Gasteiger partial charge in [0.05, 0.1) is 12.1 Å². The first-order valence-corrected chi connectivity index (χ1v) is 6.86. The molecule has 2 aromatic carbocycles. The molecule has 0 atom stereocenters. The predicted molar refractivity (Wildman–Crippen MR) is 83.5 cm³/mol. The van der Waals surface area contributed by atoms with Crippen LogP contribution in [0.5, 0.6) is 0 Å². The van der Waals surface area contributed by atoms with Crippen LogP contribution in [0, 0.1) is 0 Å². The molecule has 0 aliphatic rings. The van der Waals surface area contributed by atoms with Gasteiger partial charge in [-0.1, -0.05) is 6.07 Å². The number of nitrogens with one attached hydrogen (secondary N) is 2. The minimum absolute atomic E-state index is 0.0562. The number of carbonyl (C=O) groups is 2. The second-order valence-corrected chi connectivity index (χ2v) is 4.92. The Labute approximate surface area is 135 Å². The summed E-state index contributed by atoms with van der Waals surface area (Å²) in [6, 6.07) is 10.5. The molecule has 2 amide bonds. The van der Waals surface area contributed by atoms with Gasteiger partial charge in [0, 0.05) is 16.9 Å². The van der Waals surface area contributed by atoms with Crippen LogP contribution in [0.4, 0.5) is 24.5 Å². The molecular formula is C16H14F3N3O2. The summed E-state index contributed by atoms with van der Waals surface area (Å²) < 4.78 is 37.8. The van der Waals surface area contributed by atoms with Gasteiger partial charge in [0.25, 0.3) is 0 Å². The third-order valence-electron chi connectivity index (χ3n) is 3.10. The molecule has 0 aliphatic carbocycles. The smallest absolute Gasteiger partial charge is 0.376 e. The van der Waals surface area contributed by atoms with E-state index < -0.39 is 23.6 Å². The summed E-state index contributed by atoms with van der Waals surface area (Å²) in [5.74, 6) is -1.07. The van der Waals surface area contributed by atoms with Crippen LogP contribution in [0.15, 0.2) is 48.5 Å². The monoisotopic (exact) mass is 337 g/mol. The molecule has 0 aliphatic heterocycles. The molecule has 5 nitrogen and oxygen atoms in total. The summed E-state index contributed by atoms with van der Waals surface area (Å²) in [7, 11) is 0. The predicted octanol–water partition coefficient (Wildman–Crippen LogP) is 2.85. The summed E-state index contributed by atoms with van der Waals surface area (Å²) in [6.45, 7) is -0.147. The van der Waals surface area contributed by atoms with Gasteiger partial charge in [0.1, 0.15) is 0 Å². The zero-order valence-electron chi connectivity index (χ0n) is 12.4. The highest BCUT2D eigenvalue weighted by Crippen LogP contribution is 2.30. The van der Waals surface area contributed by atoms with Crippen LogP contribution in [0.1, 0.15) is 15.9 Å². The Morgan fingerprint density at radius 1 is 1.00 bits per heavy atom. The van der Waals surface area contributed by atoms with Crippen LogP contribution in [0.2, 0.25) is 0 Å². The van der Waals surface area contributed by atoms with Crippen molar-refractivity contribution >= 4 is 23.2 Å². The van der Waals surface area contributed by atoms with E-state index in [1.54, 1.807) is 12.1 Å². The highest BCUT2D eigenvalue weighted by Gasteiger charge is 2.30. The average Bonchev–Trinajstić information content (AvgIpc) is 2.53. The third kappa shape index (κ3) is 4.73. The Kier molecular flexibility index (Phi) is 5.08. The average molecular weight is 337 g/mol. The lowest BCUT2D eigenvalue weighted by Gasteiger charge is -2.11. The van der Waals surface area contributed by atoms with Gasteiger partial charge < -0.3 is 16.4 Å². The van der Waals surface area contributed by atoms with Gasteiger partial charge in [0.2, 0.25) is 11.8 Å². The lowest BCUT2D eigenvalue weighted by atomic mass is 10.2. The van der Waals surface area contributed by atoms with E-state index in [0.29, 0.717) is 11.3 Å². The van der Waals surface area contributed by atoms with Gasteiger partial charge >= 0.3 is 6.18 Å². The Hall–Kier alpha value is -3.03. The normalized spacial score (nSPS) is 11.0. The van der Waals surface area contributed by atoms with Gasteiger partial charge in [-0.05, 0) is 42.5 Å². The fourth-order valence-electron chi connectivity index (χ4n) is 1.91. The van der Waals surface area contributed by atoms with E-state index in [1.807, 2.05) is 0 Å². The first-order valence-electron chi connectivity index (χ1n) is 6.86. The van der Waals surface area contributed by atoms with Crippen LogP contribution in [0.3, 0.4) is 0 Å². The zero-order chi connectivity index (χ0) is 17.7. The Balaban J connectivity index is 1.93. The maximum atomic E-state index is 12.6. The number of hydrogen-bond donors (Lipinski definition) is 3. The Bertz CT molecular complexity index is 743. The van der Waals surface area contributed by atoms with Gasteiger partial charge in [-0.25, -0.2) is 0 Å². The minimum Gasteiger partial charge on any atom is -0.376 e. The molecule has 2 aromatic rings. The molecule has 0 unspecified atom stereocenters. The van der Waals surface area contributed by atoms with Crippen molar-refractivity contribution in [3.63, 3.8) is 0 Å². The molecule has 0 fully saturated rings. The molecule has 0 saturated heterocycles. The fourth-order valence-corrected chi connectivity index (χ4v) is 1.91. The maximum absolute atomic E-state index is 12.6. The van der Waals surface area contributed by atoms with E-state index >= 15 is 0 Å². The number of primary amides is 1. The zero-order valence-corrected chi connectivity index (χ0v) is 12.4. The van der Waals surface area contributed by atoms with Crippen LogP contribution < -0.4 is 16.4 Å². The second kappa shape index (κ2) is 7.03. The summed E-state index contributed by atoms with van der Waals surface area (Å²) in [5.41, 5.74) is 5.23. The van der Waals surface area contributed by atoms with Crippen LogP contribution in [-0.4, -0.2) is 18.4 Å². The summed E-state index contributed by atoms with van der Waals surface area (Å²) in [6.07, 6.45) is -4.47. The van der Waals surface area contributed by atoms with Crippen molar-refractivity contribution in [1.29, 1.82) is 0 Å². The van der Waals surface area contributed by atoms with E-state index in [1.165, 1.54) is 24.3 Å². The molecule has 0 heterocycles. The number of benzene rings is 2. The van der Waals surface area contributed by atoms with Crippen molar-refractivity contribution in [2.75, 3.05) is 17.2 Å². The van der Waals surface area contributed by atoms with E-state index in [2.05, 4.69) is 10.6 Å². The molecule has 0 aromatic heterocycles. The molecule has 0 spiro atoms. The molecule has 8 heteroatoms. The quantitative estimate of drug-likeness (QED) is 0.784. The van der Waals surface area contributed by atoms with Gasteiger partial charge in [-0.3, -0.25) is 9.59 Å². The number of alkyl halides is 3. The summed E-state index contributed by atoms with van der Waals surface area (Å²) in [5, 5.41) is 5.17. The largest absolute Gasteiger partial charge is 0.416 e. The molecule has 0 bridgehead atoms. The maximum Gasteiger partial charge on any atom is 0.416 e. The van der Waals surface area contributed by atoms with Gasteiger partial charge in [0.15, 0.2) is 0 Å². The SMILES string of the molecule is NC(=O)c1ccc(NCC(=O)Nc2cccc(C(F)(F)F)c2)cc1. The highest BCUT2D eigenvalue weighted by atomic mass is 19.4. The molecule has 126 valence electrons. The third-order valence-corrected chi connectivity index (χ3v) is 3.10. The van der Waals surface area contributed by atoms with Crippen molar-refractivity contribution in [3.05, 3.63) is 59.7 Å². The number of rotatable bonds is 5. The number of anilines is 2. The van der Waals surface area contributed by atoms with Crippen LogP contribution in [0.25, 0.3) is 0 Å². The standard InChI is InChI=1S/C16H14F3N3O2/c17-16(18,19)11-2-1-3-13(8-11)22-14(23)9-21-12-6-4-10(5-7-12)15(20)24/h1-8,21H,9H2,(H2,20,24)(H,22,23). The number of amides is 2. The van der Waals surface area contributed by atoms with Crippen molar-refractivity contribution < 1.29 is 22.8 Å². The number of halogens is 3. The van der Waals surface area contributed by atoms with E-state index in [0.717, 1.165) is 12.1 Å². The Morgan fingerprint density at radius 2 is 1.67 bits per heavy atom. The van der Waals surface area contributed by atoms with E-state index in [-0.39, 0.29) is 12.2 Å². The molecule has 2 rings (SSSR count). The van der Waals surface area contributed by atoms with Crippen molar-refractivity contribution in [2.45, 2.75) is 6.18 Å². The Morgan fingerprint density at radius 3 is 2.25 bits per heavy atom. The molecule has 0 radical (unpaired) electrons. The molecule has 0 saturated carbocycles. The summed E-state index contributed by atoms with van der Waals surface area (Å²) >= 11 is 0. The second-order valence-electron chi connectivity index (χ2n) is 4.92. The number of hydrogen-bond acceptors (Lipinski definition) is 3. The highest BCUT2D eigenvalue weighted by molar-refractivity contribution is 5.94. The number of nitrogens with two attached hydrogens (primary N) is 1. The molecular weight excluding hydrogens is 323 g/mol. The first-order chi connectivity index (χ1) is 11.3. The van der Waals surface area contributed by atoms with Crippen molar-refractivity contribution in [2.24, 2.45) is 5.73 Å².